The monoisotopic (exact) mass is 492 g/mol. The van der Waals surface area contributed by atoms with Crippen LogP contribution in [-0.2, 0) is 6.42 Å². The van der Waals surface area contributed by atoms with Gasteiger partial charge in [0.05, 0.1) is 11.6 Å². The molecule has 1 aromatic heterocycles. The quantitative estimate of drug-likeness (QED) is 0.234. The Bertz CT molecular complexity index is 1820. The maximum absolute atomic E-state index is 9.81. The van der Waals surface area contributed by atoms with Crippen LogP contribution >= 0.6 is 0 Å². The van der Waals surface area contributed by atoms with Crippen LogP contribution in [0.25, 0.3) is 32.3 Å². The maximum Gasteiger partial charge on any atom is 0.116 e. The first-order chi connectivity index (χ1) is 18.6. The molecule has 0 bridgehead atoms. The highest BCUT2D eigenvalue weighted by atomic mass is 16.3. The van der Waals surface area contributed by atoms with Crippen LogP contribution in [0.4, 0.5) is 0 Å². The Morgan fingerprint density at radius 1 is 0.789 bits per heavy atom. The fraction of sp³-hybridized carbons (Fsp3) is 0.143. The molecule has 1 heterocycles. The van der Waals surface area contributed by atoms with Crippen molar-refractivity contribution in [3.05, 3.63) is 132 Å². The average Bonchev–Trinajstić information content (AvgIpc) is 2.96. The Hall–Kier alpha value is -4.68. The van der Waals surface area contributed by atoms with Crippen LogP contribution in [0.1, 0.15) is 41.5 Å². The summed E-state index contributed by atoms with van der Waals surface area (Å²) in [6, 6.07) is 35.2. The molecule has 1 aliphatic rings. The van der Waals surface area contributed by atoms with Gasteiger partial charge in [-0.3, -0.25) is 4.98 Å². The minimum absolute atomic E-state index is 0.325. The molecule has 0 radical (unpaired) electrons. The summed E-state index contributed by atoms with van der Waals surface area (Å²) in [7, 11) is 0. The topological polar surface area (TPSA) is 56.9 Å². The van der Waals surface area contributed by atoms with Crippen molar-refractivity contribution in [2.24, 2.45) is 5.92 Å². The molecule has 38 heavy (non-hydrogen) atoms. The summed E-state index contributed by atoms with van der Waals surface area (Å²) in [6.07, 6.45) is 5.86. The van der Waals surface area contributed by atoms with E-state index < -0.39 is 0 Å². The van der Waals surface area contributed by atoms with Gasteiger partial charge in [0.2, 0.25) is 0 Å². The van der Waals surface area contributed by atoms with Crippen LogP contribution in [-0.4, -0.2) is 10.1 Å². The highest BCUT2D eigenvalue weighted by Gasteiger charge is 2.27. The number of phenols is 1. The normalized spacial score (nSPS) is 16.4. The van der Waals surface area contributed by atoms with Gasteiger partial charge in [0.15, 0.2) is 0 Å². The number of aromatic hydroxyl groups is 1. The molecule has 1 N–H and O–H groups in total. The van der Waals surface area contributed by atoms with E-state index in [-0.39, 0.29) is 0 Å². The van der Waals surface area contributed by atoms with Gasteiger partial charge in [0.25, 0.3) is 0 Å². The minimum atomic E-state index is 0.325. The molecule has 2 atom stereocenters. The third-order valence-corrected chi connectivity index (χ3v) is 7.66. The van der Waals surface area contributed by atoms with E-state index in [4.69, 9.17) is 5.26 Å². The van der Waals surface area contributed by atoms with Gasteiger partial charge >= 0.3 is 0 Å². The zero-order valence-corrected chi connectivity index (χ0v) is 21.3. The van der Waals surface area contributed by atoms with E-state index in [1.165, 1.54) is 39.3 Å². The van der Waals surface area contributed by atoms with Crippen LogP contribution in [0.3, 0.4) is 0 Å². The molecule has 2 unspecified atom stereocenters. The van der Waals surface area contributed by atoms with Crippen molar-refractivity contribution in [3.63, 3.8) is 0 Å². The lowest BCUT2D eigenvalue weighted by atomic mass is 9.72. The van der Waals surface area contributed by atoms with Crippen LogP contribution in [0, 0.1) is 17.2 Å². The number of hydrogen-bond acceptors (Lipinski definition) is 3. The number of rotatable bonds is 1. The molecule has 0 spiro atoms. The number of nitriles is 1. The largest absolute Gasteiger partial charge is 0.508 e. The number of aromatic nitrogens is 1. The van der Waals surface area contributed by atoms with Gasteiger partial charge < -0.3 is 5.11 Å². The van der Waals surface area contributed by atoms with E-state index in [9.17, 15) is 5.11 Å². The summed E-state index contributed by atoms with van der Waals surface area (Å²) in [5.74, 6) is 1.47. The van der Waals surface area contributed by atoms with E-state index >= 15 is 0 Å². The molecule has 3 heteroatoms. The molecule has 184 valence electrons. The molecule has 0 amide bonds. The fourth-order valence-corrected chi connectivity index (χ4v) is 5.91. The van der Waals surface area contributed by atoms with Gasteiger partial charge in [0, 0.05) is 23.7 Å². The molecular formula is C35H28N2O. The molecule has 1 aliphatic carbocycles. The lowest BCUT2D eigenvalue weighted by molar-refractivity contribution is 0.467. The van der Waals surface area contributed by atoms with E-state index in [2.05, 4.69) is 72.6 Å². The summed E-state index contributed by atoms with van der Waals surface area (Å²) < 4.78 is 0. The number of phenolic OH excluding ortho intramolecular Hbond substituents is 1. The van der Waals surface area contributed by atoms with Crippen LogP contribution in [0.5, 0.6) is 5.75 Å². The summed E-state index contributed by atoms with van der Waals surface area (Å²) in [5.41, 5.74) is 5.08. The molecule has 0 saturated carbocycles. The smallest absolute Gasteiger partial charge is 0.116 e. The number of fused-ring (bicyclic) bond motifs is 6. The Morgan fingerprint density at radius 2 is 1.58 bits per heavy atom. The van der Waals surface area contributed by atoms with Crippen molar-refractivity contribution in [2.45, 2.75) is 25.7 Å². The van der Waals surface area contributed by atoms with E-state index in [0.717, 1.165) is 22.6 Å². The molecule has 5 aromatic carbocycles. The van der Waals surface area contributed by atoms with Crippen molar-refractivity contribution in [3.8, 4) is 11.8 Å². The van der Waals surface area contributed by atoms with Gasteiger partial charge in [0.1, 0.15) is 5.75 Å². The van der Waals surface area contributed by atoms with Gasteiger partial charge in [-0.1, -0.05) is 73.7 Å². The molecule has 6 aromatic rings. The van der Waals surface area contributed by atoms with Gasteiger partial charge in [-0.25, -0.2) is 0 Å². The van der Waals surface area contributed by atoms with Crippen LogP contribution in [0.2, 0.25) is 0 Å². The Kier molecular flexibility index (Phi) is 6.23. The Balaban J connectivity index is 0.000000184. The predicted molar refractivity (Wildman–Crippen MR) is 155 cm³/mol. The van der Waals surface area contributed by atoms with Crippen molar-refractivity contribution in [1.29, 1.82) is 5.26 Å². The number of pyridine rings is 1. The number of nitrogens with zero attached hydrogens (tertiary/aromatic N) is 2. The van der Waals surface area contributed by atoms with Crippen LogP contribution in [0.15, 0.2) is 109 Å². The lowest BCUT2D eigenvalue weighted by Gasteiger charge is -2.31. The first kappa shape index (κ1) is 23.7. The Labute approximate surface area is 222 Å². The van der Waals surface area contributed by atoms with E-state index in [1.54, 1.807) is 18.5 Å². The predicted octanol–water partition coefficient (Wildman–Crippen LogP) is 8.52. The zero-order valence-electron chi connectivity index (χ0n) is 21.3. The molecule has 0 fully saturated rings. The SMILES string of the molecule is CC1Cc2ccc3c(ccc4cc(O)ccc43)c2C(c2ccccc2)C1.N#Cc1ccc2ccncc2c1. The second kappa shape index (κ2) is 10.00. The highest BCUT2D eigenvalue weighted by molar-refractivity contribution is 6.09. The standard InChI is InChI=1S/C25H22O.C10H6N2/c1-16-13-19-8-10-22-21-12-9-20(26)15-18(21)7-11-23(22)25(19)24(14-16)17-5-3-2-4-6-17;11-6-8-1-2-9-3-4-12-7-10(9)5-8/h2-12,15-16,24,26H,13-14H2,1H3;1-5,7H. The summed E-state index contributed by atoms with van der Waals surface area (Å²) >= 11 is 0. The molecule has 0 saturated heterocycles. The first-order valence-corrected chi connectivity index (χ1v) is 13.1. The summed E-state index contributed by atoms with van der Waals surface area (Å²) in [5, 5.41) is 25.5. The molecule has 3 nitrogen and oxygen atoms in total. The van der Waals surface area contributed by atoms with Crippen molar-refractivity contribution >= 4 is 32.3 Å². The highest BCUT2D eigenvalue weighted by Crippen LogP contribution is 2.44. The lowest BCUT2D eigenvalue weighted by Crippen LogP contribution is -2.18. The van der Waals surface area contributed by atoms with Gasteiger partial charge in [-0.15, -0.1) is 0 Å². The van der Waals surface area contributed by atoms with Crippen molar-refractivity contribution in [2.75, 3.05) is 0 Å². The van der Waals surface area contributed by atoms with Gasteiger partial charge in [-0.05, 0) is 92.7 Å². The van der Waals surface area contributed by atoms with Crippen molar-refractivity contribution < 1.29 is 5.11 Å². The minimum Gasteiger partial charge on any atom is -0.508 e. The summed E-state index contributed by atoms with van der Waals surface area (Å²) in [4.78, 5) is 3.98. The maximum atomic E-state index is 9.81. The second-order valence-corrected chi connectivity index (χ2v) is 10.3. The van der Waals surface area contributed by atoms with Crippen LogP contribution < -0.4 is 0 Å². The number of hydrogen-bond donors (Lipinski definition) is 1. The number of benzene rings is 5. The third kappa shape index (κ3) is 4.46. The average molecular weight is 493 g/mol. The summed E-state index contributed by atoms with van der Waals surface area (Å²) in [6.45, 7) is 2.37. The first-order valence-electron chi connectivity index (χ1n) is 13.1. The third-order valence-electron chi connectivity index (χ3n) is 7.66. The van der Waals surface area contributed by atoms with Gasteiger partial charge in [-0.2, -0.15) is 5.26 Å². The Morgan fingerprint density at radius 3 is 2.42 bits per heavy atom. The molecule has 0 aliphatic heterocycles. The molecular weight excluding hydrogens is 464 g/mol. The van der Waals surface area contributed by atoms with Crippen molar-refractivity contribution in [1.82, 2.24) is 4.98 Å². The zero-order chi connectivity index (χ0) is 26.1. The van der Waals surface area contributed by atoms with E-state index in [1.807, 2.05) is 36.4 Å². The van der Waals surface area contributed by atoms with E-state index in [0.29, 0.717) is 23.1 Å². The fourth-order valence-electron chi connectivity index (χ4n) is 5.91. The molecule has 7 rings (SSSR count). The second-order valence-electron chi connectivity index (χ2n) is 10.3.